The van der Waals surface area contributed by atoms with E-state index in [-0.39, 0.29) is 37.3 Å². The van der Waals surface area contributed by atoms with Gasteiger partial charge in [0, 0.05) is 12.1 Å². The lowest BCUT2D eigenvalue weighted by atomic mass is 10.1. The Morgan fingerprint density at radius 2 is 1.54 bits per heavy atom. The Labute approximate surface area is 165 Å². The van der Waals surface area contributed by atoms with Gasteiger partial charge in [-0.25, -0.2) is 0 Å². The quantitative estimate of drug-likeness (QED) is 0.685. The van der Waals surface area contributed by atoms with Gasteiger partial charge in [-0.1, -0.05) is 48.5 Å². The first-order chi connectivity index (χ1) is 13.4. The van der Waals surface area contributed by atoms with Crippen molar-refractivity contribution in [3.8, 4) is 0 Å². The number of esters is 1. The molecular weight excluding hydrogens is 356 g/mol. The van der Waals surface area contributed by atoms with E-state index in [4.69, 9.17) is 4.74 Å². The Morgan fingerprint density at radius 3 is 2.18 bits per heavy atom. The van der Waals surface area contributed by atoms with Crippen molar-refractivity contribution in [2.75, 3.05) is 11.9 Å². The van der Waals surface area contributed by atoms with Crippen LogP contribution in [0.25, 0.3) is 0 Å². The number of hydrogen-bond donors (Lipinski definition) is 2. The van der Waals surface area contributed by atoms with Crippen LogP contribution in [0.3, 0.4) is 0 Å². The summed E-state index contributed by atoms with van der Waals surface area (Å²) in [6.45, 7) is 5.30. The maximum Gasteiger partial charge on any atom is 0.306 e. The molecule has 148 valence electrons. The van der Waals surface area contributed by atoms with E-state index in [1.54, 1.807) is 0 Å². The molecule has 0 saturated heterocycles. The minimum atomic E-state index is -0.584. The van der Waals surface area contributed by atoms with Crippen LogP contribution in [0.15, 0.2) is 48.5 Å². The second kappa shape index (κ2) is 10.3. The number of rotatable bonds is 8. The Kier molecular flexibility index (Phi) is 7.75. The van der Waals surface area contributed by atoms with E-state index in [0.29, 0.717) is 0 Å². The number of carbonyl (C=O) groups is 3. The third-order valence-electron chi connectivity index (χ3n) is 4.34. The highest BCUT2D eigenvalue weighted by atomic mass is 16.5. The molecule has 1 atom stereocenters. The summed E-state index contributed by atoms with van der Waals surface area (Å²) in [5.41, 5.74) is 3.64. The summed E-state index contributed by atoms with van der Waals surface area (Å²) in [5.74, 6) is -1.24. The molecule has 0 saturated carbocycles. The number of carbonyl (C=O) groups excluding carboxylic acids is 3. The molecular formula is C22H26N2O4. The standard InChI is InChI=1S/C22H26N2O4/c1-15-8-7-9-16(2)22(15)24-19(25)12-13-21(27)28-14-20(26)23-17(3)18-10-5-4-6-11-18/h4-11,17H,12-14H2,1-3H3,(H,23,26)(H,24,25)/t17-/m1/s1. The fourth-order valence-electron chi connectivity index (χ4n) is 2.76. The van der Waals surface area contributed by atoms with Crippen LogP contribution in [-0.4, -0.2) is 24.4 Å². The molecule has 28 heavy (non-hydrogen) atoms. The first-order valence-electron chi connectivity index (χ1n) is 9.23. The summed E-state index contributed by atoms with van der Waals surface area (Å²) in [4.78, 5) is 35.8. The molecule has 0 spiro atoms. The van der Waals surface area contributed by atoms with Gasteiger partial charge >= 0.3 is 5.97 Å². The molecule has 0 bridgehead atoms. The summed E-state index contributed by atoms with van der Waals surface area (Å²) in [5, 5.41) is 5.58. The molecule has 0 aliphatic heterocycles. The lowest BCUT2D eigenvalue weighted by Gasteiger charge is -2.14. The Morgan fingerprint density at radius 1 is 0.893 bits per heavy atom. The molecule has 0 unspecified atom stereocenters. The Balaban J connectivity index is 1.70. The second-order valence-electron chi connectivity index (χ2n) is 6.68. The molecule has 2 amide bonds. The fraction of sp³-hybridized carbons (Fsp3) is 0.318. The summed E-state index contributed by atoms with van der Waals surface area (Å²) < 4.78 is 4.96. The van der Waals surface area contributed by atoms with Crippen molar-refractivity contribution in [2.45, 2.75) is 39.7 Å². The molecule has 0 aliphatic rings. The average molecular weight is 382 g/mol. The van der Waals surface area contributed by atoms with Crippen LogP contribution in [0.5, 0.6) is 0 Å². The highest BCUT2D eigenvalue weighted by Gasteiger charge is 2.14. The van der Waals surface area contributed by atoms with Crippen molar-refractivity contribution >= 4 is 23.5 Å². The molecule has 0 aromatic heterocycles. The van der Waals surface area contributed by atoms with E-state index in [2.05, 4.69) is 10.6 Å². The van der Waals surface area contributed by atoms with E-state index < -0.39 is 5.97 Å². The molecule has 0 heterocycles. The molecule has 6 heteroatoms. The smallest absolute Gasteiger partial charge is 0.306 e. The average Bonchev–Trinajstić information content (AvgIpc) is 2.68. The zero-order valence-electron chi connectivity index (χ0n) is 16.5. The summed E-state index contributed by atoms with van der Waals surface area (Å²) in [6, 6.07) is 15.0. The van der Waals surface area contributed by atoms with Gasteiger partial charge in [0.15, 0.2) is 6.61 Å². The maximum atomic E-state index is 12.1. The molecule has 6 nitrogen and oxygen atoms in total. The third-order valence-corrected chi connectivity index (χ3v) is 4.34. The van der Waals surface area contributed by atoms with Crippen molar-refractivity contribution in [3.05, 3.63) is 65.2 Å². The number of nitrogens with one attached hydrogen (secondary N) is 2. The van der Waals surface area contributed by atoms with Crippen LogP contribution in [0.2, 0.25) is 0 Å². The Hall–Kier alpha value is -3.15. The van der Waals surface area contributed by atoms with E-state index in [9.17, 15) is 14.4 Å². The molecule has 0 fully saturated rings. The molecule has 0 radical (unpaired) electrons. The zero-order valence-corrected chi connectivity index (χ0v) is 16.5. The predicted octanol–water partition coefficient (Wildman–Crippen LogP) is 3.44. The van der Waals surface area contributed by atoms with Crippen molar-refractivity contribution in [2.24, 2.45) is 0 Å². The van der Waals surface area contributed by atoms with E-state index in [1.165, 1.54) is 0 Å². The van der Waals surface area contributed by atoms with Crippen LogP contribution in [-0.2, 0) is 19.1 Å². The normalized spacial score (nSPS) is 11.4. The molecule has 2 aromatic rings. The van der Waals surface area contributed by atoms with Gasteiger partial charge in [-0.3, -0.25) is 14.4 Å². The lowest BCUT2D eigenvalue weighted by Crippen LogP contribution is -2.31. The first kappa shape index (κ1) is 21.2. The number of ether oxygens (including phenoxy) is 1. The minimum absolute atomic E-state index is 0.00531. The van der Waals surface area contributed by atoms with Crippen molar-refractivity contribution in [1.82, 2.24) is 5.32 Å². The van der Waals surface area contributed by atoms with Crippen LogP contribution >= 0.6 is 0 Å². The van der Waals surface area contributed by atoms with E-state index in [1.807, 2.05) is 69.3 Å². The molecule has 2 rings (SSSR count). The Bertz CT molecular complexity index is 813. The summed E-state index contributed by atoms with van der Waals surface area (Å²) >= 11 is 0. The van der Waals surface area contributed by atoms with Gasteiger partial charge in [0.25, 0.3) is 5.91 Å². The van der Waals surface area contributed by atoms with Crippen molar-refractivity contribution in [3.63, 3.8) is 0 Å². The largest absolute Gasteiger partial charge is 0.456 e. The van der Waals surface area contributed by atoms with Crippen molar-refractivity contribution in [1.29, 1.82) is 0 Å². The predicted molar refractivity (Wildman–Crippen MR) is 108 cm³/mol. The number of amides is 2. The van der Waals surface area contributed by atoms with Gasteiger partial charge in [-0.2, -0.15) is 0 Å². The molecule has 0 aliphatic carbocycles. The number of hydrogen-bond acceptors (Lipinski definition) is 4. The number of benzene rings is 2. The maximum absolute atomic E-state index is 12.1. The second-order valence-corrected chi connectivity index (χ2v) is 6.68. The number of anilines is 1. The molecule has 2 N–H and O–H groups in total. The van der Waals surface area contributed by atoms with Gasteiger partial charge < -0.3 is 15.4 Å². The summed E-state index contributed by atoms with van der Waals surface area (Å²) in [6.07, 6.45) is -0.0904. The topological polar surface area (TPSA) is 84.5 Å². The molecule has 2 aromatic carbocycles. The van der Waals surface area contributed by atoms with Gasteiger partial charge in [-0.05, 0) is 37.5 Å². The van der Waals surface area contributed by atoms with Crippen molar-refractivity contribution < 1.29 is 19.1 Å². The SMILES string of the molecule is Cc1cccc(C)c1NC(=O)CCC(=O)OCC(=O)N[C@H](C)c1ccccc1. The zero-order chi connectivity index (χ0) is 20.5. The number of para-hydroxylation sites is 1. The monoisotopic (exact) mass is 382 g/mol. The van der Waals surface area contributed by atoms with Crippen LogP contribution < -0.4 is 10.6 Å². The van der Waals surface area contributed by atoms with Gasteiger partial charge in [0.2, 0.25) is 5.91 Å². The van der Waals surface area contributed by atoms with E-state index in [0.717, 1.165) is 22.4 Å². The van der Waals surface area contributed by atoms with Crippen LogP contribution in [0, 0.1) is 13.8 Å². The summed E-state index contributed by atoms with van der Waals surface area (Å²) in [7, 11) is 0. The van der Waals surface area contributed by atoms with Crippen LogP contribution in [0.1, 0.15) is 42.5 Å². The lowest BCUT2D eigenvalue weighted by molar-refractivity contribution is -0.149. The fourth-order valence-corrected chi connectivity index (χ4v) is 2.76. The highest BCUT2D eigenvalue weighted by molar-refractivity contribution is 5.94. The minimum Gasteiger partial charge on any atom is -0.456 e. The third kappa shape index (κ3) is 6.54. The van der Waals surface area contributed by atoms with Gasteiger partial charge in [-0.15, -0.1) is 0 Å². The highest BCUT2D eigenvalue weighted by Crippen LogP contribution is 2.19. The van der Waals surface area contributed by atoms with Gasteiger partial charge in [0.1, 0.15) is 0 Å². The first-order valence-corrected chi connectivity index (χ1v) is 9.23. The van der Waals surface area contributed by atoms with E-state index >= 15 is 0 Å². The van der Waals surface area contributed by atoms with Gasteiger partial charge in [0.05, 0.1) is 12.5 Å². The van der Waals surface area contributed by atoms with Crippen LogP contribution in [0.4, 0.5) is 5.69 Å². The number of aryl methyl sites for hydroxylation is 2.